The number of nitrogens with two attached hydrogens (primary N) is 1. The van der Waals surface area contributed by atoms with Crippen LogP contribution in [0.25, 0.3) is 10.9 Å². The van der Waals surface area contributed by atoms with Crippen LogP contribution >= 0.6 is 11.8 Å². The molecule has 0 aliphatic rings. The summed E-state index contributed by atoms with van der Waals surface area (Å²) in [5.41, 5.74) is 5.80. The van der Waals surface area contributed by atoms with Crippen molar-refractivity contribution in [3.63, 3.8) is 0 Å². The van der Waals surface area contributed by atoms with Crippen molar-refractivity contribution in [3.8, 4) is 6.07 Å². The fourth-order valence-electron chi connectivity index (χ4n) is 2.52. The Bertz CT molecular complexity index is 826. The van der Waals surface area contributed by atoms with Gasteiger partial charge in [-0.15, -0.1) is 0 Å². The molecule has 0 radical (unpaired) electrons. The molecule has 2 rings (SSSR count). The molecule has 0 spiro atoms. The van der Waals surface area contributed by atoms with E-state index in [4.69, 9.17) is 11.0 Å². The van der Waals surface area contributed by atoms with Crippen LogP contribution in [0, 0.1) is 11.3 Å². The molecule has 1 aromatic carbocycles. The minimum Gasteiger partial charge on any atom is -0.370 e. The number of nitriles is 1. The molecule has 0 aliphatic carbocycles. The van der Waals surface area contributed by atoms with Crippen molar-refractivity contribution >= 4 is 28.6 Å². The molecular weight excluding hydrogens is 336 g/mol. The molecule has 2 aromatic rings. The number of carbonyl (C=O) groups excluding carboxylic acids is 1. The Morgan fingerprint density at radius 1 is 1.24 bits per heavy atom. The van der Waals surface area contributed by atoms with Gasteiger partial charge < -0.3 is 5.73 Å². The van der Waals surface area contributed by atoms with E-state index in [9.17, 15) is 9.59 Å². The van der Waals surface area contributed by atoms with Crippen molar-refractivity contribution in [3.05, 3.63) is 34.6 Å². The van der Waals surface area contributed by atoms with Gasteiger partial charge in [0.05, 0.1) is 17.0 Å². The third-order valence-electron chi connectivity index (χ3n) is 3.80. The lowest BCUT2D eigenvalue weighted by Crippen LogP contribution is -2.23. The normalized spacial score (nSPS) is 10.7. The van der Waals surface area contributed by atoms with Gasteiger partial charge in [0.2, 0.25) is 5.91 Å². The minimum absolute atomic E-state index is 0.0386. The first-order valence-corrected chi connectivity index (χ1v) is 9.39. The second-order valence-corrected chi connectivity index (χ2v) is 6.82. The van der Waals surface area contributed by atoms with E-state index in [-0.39, 0.29) is 11.5 Å². The molecule has 1 aromatic heterocycles. The summed E-state index contributed by atoms with van der Waals surface area (Å²) in [6.07, 6.45) is 4.00. The van der Waals surface area contributed by atoms with Gasteiger partial charge in [0.1, 0.15) is 0 Å². The maximum Gasteiger partial charge on any atom is 0.262 e. The fraction of sp³-hybridized carbons (Fsp3) is 0.444. The molecule has 132 valence electrons. The van der Waals surface area contributed by atoms with Crippen LogP contribution in [-0.4, -0.2) is 21.2 Å². The van der Waals surface area contributed by atoms with Crippen molar-refractivity contribution in [2.75, 3.05) is 5.75 Å². The monoisotopic (exact) mass is 358 g/mol. The first-order valence-electron chi connectivity index (χ1n) is 8.41. The number of primary amides is 1. The highest BCUT2D eigenvalue weighted by Gasteiger charge is 2.11. The quantitative estimate of drug-likeness (QED) is 0.400. The van der Waals surface area contributed by atoms with E-state index in [1.807, 2.05) is 18.2 Å². The van der Waals surface area contributed by atoms with Crippen LogP contribution in [0.3, 0.4) is 0 Å². The number of thioether (sulfide) groups is 1. The minimum atomic E-state index is -0.293. The summed E-state index contributed by atoms with van der Waals surface area (Å²) in [7, 11) is 0. The standard InChI is InChI=1S/C18H22N4O2S/c19-11-5-7-13-25-18-21-15-9-4-3-8-14(15)17(24)22(18)12-6-1-2-10-16(20)23/h3-4,8-9H,1-2,5-7,10,12-13H2,(H2,20,23). The number of para-hydroxylation sites is 1. The number of carbonyl (C=O) groups is 1. The van der Waals surface area contributed by atoms with Crippen molar-refractivity contribution in [2.45, 2.75) is 50.2 Å². The highest BCUT2D eigenvalue weighted by molar-refractivity contribution is 7.99. The lowest BCUT2D eigenvalue weighted by atomic mass is 10.2. The van der Waals surface area contributed by atoms with Gasteiger partial charge in [-0.3, -0.25) is 14.2 Å². The first-order chi connectivity index (χ1) is 12.1. The Hall–Kier alpha value is -2.33. The number of benzene rings is 1. The molecule has 1 amide bonds. The number of nitrogens with zero attached hydrogens (tertiary/aromatic N) is 3. The lowest BCUT2D eigenvalue weighted by molar-refractivity contribution is -0.118. The summed E-state index contributed by atoms with van der Waals surface area (Å²) < 4.78 is 1.71. The molecule has 0 atom stereocenters. The van der Waals surface area contributed by atoms with Crippen LogP contribution in [0.4, 0.5) is 0 Å². The maximum absolute atomic E-state index is 12.8. The van der Waals surface area contributed by atoms with Crippen LogP contribution in [0.1, 0.15) is 38.5 Å². The summed E-state index contributed by atoms with van der Waals surface area (Å²) in [4.78, 5) is 28.2. The van der Waals surface area contributed by atoms with E-state index in [2.05, 4.69) is 11.1 Å². The van der Waals surface area contributed by atoms with Crippen molar-refractivity contribution in [2.24, 2.45) is 5.73 Å². The number of rotatable bonds is 10. The van der Waals surface area contributed by atoms with Gasteiger partial charge in [-0.05, 0) is 31.4 Å². The molecule has 0 fully saturated rings. The van der Waals surface area contributed by atoms with Gasteiger partial charge in [-0.25, -0.2) is 4.98 Å². The molecule has 6 nitrogen and oxygen atoms in total. The number of fused-ring (bicyclic) bond motifs is 1. The van der Waals surface area contributed by atoms with Gasteiger partial charge in [0, 0.05) is 25.1 Å². The molecule has 0 saturated carbocycles. The van der Waals surface area contributed by atoms with E-state index in [0.29, 0.717) is 35.4 Å². The van der Waals surface area contributed by atoms with Crippen LogP contribution < -0.4 is 11.3 Å². The highest BCUT2D eigenvalue weighted by Crippen LogP contribution is 2.19. The van der Waals surface area contributed by atoms with Crippen molar-refractivity contribution < 1.29 is 4.79 Å². The van der Waals surface area contributed by atoms with Crippen molar-refractivity contribution in [1.82, 2.24) is 9.55 Å². The molecule has 0 aliphatic heterocycles. The largest absolute Gasteiger partial charge is 0.370 e. The van der Waals surface area contributed by atoms with Gasteiger partial charge in [0.15, 0.2) is 5.16 Å². The fourth-order valence-corrected chi connectivity index (χ4v) is 3.48. The zero-order chi connectivity index (χ0) is 18.1. The Morgan fingerprint density at radius 3 is 2.80 bits per heavy atom. The van der Waals surface area contributed by atoms with Crippen LogP contribution in [-0.2, 0) is 11.3 Å². The predicted octanol–water partition coefficient (Wildman–Crippen LogP) is 2.84. The van der Waals surface area contributed by atoms with Gasteiger partial charge in [0.25, 0.3) is 5.56 Å². The highest BCUT2D eigenvalue weighted by atomic mass is 32.2. The number of aromatic nitrogens is 2. The van der Waals surface area contributed by atoms with E-state index >= 15 is 0 Å². The summed E-state index contributed by atoms with van der Waals surface area (Å²) in [5.74, 6) is 0.457. The Balaban J connectivity index is 2.15. The van der Waals surface area contributed by atoms with Gasteiger partial charge in [-0.1, -0.05) is 30.3 Å². The number of unbranched alkanes of at least 4 members (excludes halogenated alkanes) is 3. The summed E-state index contributed by atoms with van der Waals surface area (Å²) in [6, 6.07) is 9.46. The van der Waals surface area contributed by atoms with Gasteiger partial charge >= 0.3 is 0 Å². The van der Waals surface area contributed by atoms with E-state index in [1.54, 1.807) is 10.6 Å². The molecule has 0 unspecified atom stereocenters. The smallest absolute Gasteiger partial charge is 0.262 e. The number of amides is 1. The Morgan fingerprint density at radius 2 is 2.04 bits per heavy atom. The average molecular weight is 358 g/mol. The Kier molecular flexibility index (Phi) is 7.48. The van der Waals surface area contributed by atoms with E-state index in [1.165, 1.54) is 11.8 Å². The molecule has 7 heteroatoms. The first kappa shape index (κ1) is 19.0. The second kappa shape index (κ2) is 9.84. The topological polar surface area (TPSA) is 102 Å². The molecule has 0 saturated heterocycles. The molecule has 25 heavy (non-hydrogen) atoms. The summed E-state index contributed by atoms with van der Waals surface area (Å²) in [6.45, 7) is 0.565. The maximum atomic E-state index is 12.8. The summed E-state index contributed by atoms with van der Waals surface area (Å²) in [5, 5.41) is 9.95. The summed E-state index contributed by atoms with van der Waals surface area (Å²) >= 11 is 1.51. The third-order valence-corrected chi connectivity index (χ3v) is 4.86. The number of hydrogen-bond acceptors (Lipinski definition) is 5. The van der Waals surface area contributed by atoms with Crippen LogP contribution in [0.15, 0.2) is 34.2 Å². The zero-order valence-electron chi connectivity index (χ0n) is 14.1. The van der Waals surface area contributed by atoms with E-state index in [0.717, 1.165) is 31.4 Å². The zero-order valence-corrected chi connectivity index (χ0v) is 14.9. The molecule has 1 heterocycles. The SMILES string of the molecule is N#CCCCSc1nc2ccccc2c(=O)n1CCCCCC(N)=O. The molecule has 2 N–H and O–H groups in total. The predicted molar refractivity (Wildman–Crippen MR) is 99.2 cm³/mol. The second-order valence-electron chi connectivity index (χ2n) is 5.76. The third kappa shape index (κ3) is 5.61. The lowest BCUT2D eigenvalue weighted by Gasteiger charge is -2.12. The Labute approximate surface area is 151 Å². The van der Waals surface area contributed by atoms with E-state index < -0.39 is 0 Å². The molecule has 0 bridgehead atoms. The van der Waals surface area contributed by atoms with Gasteiger partial charge in [-0.2, -0.15) is 5.26 Å². The number of hydrogen-bond donors (Lipinski definition) is 1. The van der Waals surface area contributed by atoms with Crippen LogP contribution in [0.2, 0.25) is 0 Å². The average Bonchev–Trinajstić information content (AvgIpc) is 2.60. The van der Waals surface area contributed by atoms with Crippen LogP contribution in [0.5, 0.6) is 0 Å². The van der Waals surface area contributed by atoms with Crippen molar-refractivity contribution in [1.29, 1.82) is 5.26 Å². The molecular formula is C18H22N4O2S.